The van der Waals surface area contributed by atoms with E-state index in [1.54, 1.807) is 0 Å². The van der Waals surface area contributed by atoms with E-state index in [-0.39, 0.29) is 11.2 Å². The first-order valence-corrected chi connectivity index (χ1v) is 7.24. The third kappa shape index (κ3) is 1.90. The highest BCUT2D eigenvalue weighted by Crippen LogP contribution is 2.48. The van der Waals surface area contributed by atoms with E-state index in [1.165, 1.54) is 0 Å². The zero-order valence-electron chi connectivity index (χ0n) is 11.0. The van der Waals surface area contributed by atoms with E-state index >= 15 is 0 Å². The van der Waals surface area contributed by atoms with Gasteiger partial charge in [-0.3, -0.25) is 0 Å². The Kier molecular flexibility index (Phi) is 2.54. The molecular weight excluding hydrogens is 232 g/mol. The highest BCUT2D eigenvalue weighted by atomic mass is 16.7. The van der Waals surface area contributed by atoms with Gasteiger partial charge in [0.05, 0.1) is 31.5 Å². The van der Waals surface area contributed by atoms with Crippen molar-refractivity contribution in [3.05, 3.63) is 0 Å². The zero-order chi connectivity index (χ0) is 12.2. The fourth-order valence-electron chi connectivity index (χ4n) is 3.81. The van der Waals surface area contributed by atoms with E-state index in [2.05, 4.69) is 6.92 Å². The smallest absolute Gasteiger partial charge is 0.170 e. The topological polar surface area (TPSA) is 40.2 Å². The van der Waals surface area contributed by atoms with Gasteiger partial charge in [0, 0.05) is 24.9 Å². The molecule has 0 aromatic carbocycles. The molecule has 1 aliphatic carbocycles. The van der Waals surface area contributed by atoms with Crippen molar-refractivity contribution in [1.82, 2.24) is 0 Å². The molecule has 1 saturated carbocycles. The number of ether oxygens (including phenoxy) is 4. The summed E-state index contributed by atoms with van der Waals surface area (Å²) in [6.45, 7) is 4.65. The maximum atomic E-state index is 6.19. The lowest BCUT2D eigenvalue weighted by Crippen LogP contribution is -2.54. The molecule has 3 heterocycles. The van der Waals surface area contributed by atoms with Gasteiger partial charge in [0.2, 0.25) is 0 Å². The van der Waals surface area contributed by atoms with Crippen LogP contribution in [0.1, 0.15) is 39.0 Å². The van der Waals surface area contributed by atoms with Gasteiger partial charge in [0.25, 0.3) is 0 Å². The Morgan fingerprint density at radius 2 is 1.83 bits per heavy atom. The minimum Gasteiger partial charge on any atom is -0.378 e. The number of hydrogen-bond donors (Lipinski definition) is 0. The minimum absolute atomic E-state index is 0.199. The molecule has 2 spiro atoms. The first-order valence-electron chi connectivity index (χ1n) is 7.24. The normalized spacial score (nSPS) is 55.5. The monoisotopic (exact) mass is 254 g/mol. The van der Waals surface area contributed by atoms with Crippen LogP contribution in [0.5, 0.6) is 0 Å². The molecule has 3 saturated heterocycles. The van der Waals surface area contributed by atoms with Crippen LogP contribution in [0.3, 0.4) is 0 Å². The van der Waals surface area contributed by atoms with E-state index in [0.717, 1.165) is 51.9 Å². The lowest BCUT2D eigenvalue weighted by Gasteiger charge is -2.49. The van der Waals surface area contributed by atoms with Crippen LogP contribution in [-0.4, -0.2) is 43.9 Å². The standard InChI is InChI=1S/C14H22O4/c1-10-6-13(4-5-15-10)8-16-14(17-9-13)3-2-11-12(7-14)18-11/h10-12H,2-9H2,1H3/t10?,11?,12-,13?,14?/m0/s1. The number of fused-ring (bicyclic) bond motifs is 1. The number of epoxide rings is 1. The maximum Gasteiger partial charge on any atom is 0.170 e. The van der Waals surface area contributed by atoms with E-state index in [1.807, 2.05) is 0 Å². The average molecular weight is 254 g/mol. The zero-order valence-corrected chi connectivity index (χ0v) is 11.0. The summed E-state index contributed by atoms with van der Waals surface area (Å²) < 4.78 is 23.6. The average Bonchev–Trinajstić information content (AvgIpc) is 3.12. The van der Waals surface area contributed by atoms with Crippen molar-refractivity contribution in [3.63, 3.8) is 0 Å². The van der Waals surface area contributed by atoms with Gasteiger partial charge in [-0.1, -0.05) is 0 Å². The maximum absolute atomic E-state index is 6.19. The second-order valence-electron chi connectivity index (χ2n) is 6.58. The molecule has 4 fully saturated rings. The van der Waals surface area contributed by atoms with Crippen molar-refractivity contribution in [2.24, 2.45) is 5.41 Å². The Labute approximate surface area is 108 Å². The van der Waals surface area contributed by atoms with E-state index < -0.39 is 0 Å². The molecule has 0 amide bonds. The van der Waals surface area contributed by atoms with Crippen LogP contribution in [0.15, 0.2) is 0 Å². The van der Waals surface area contributed by atoms with Gasteiger partial charge in [0.15, 0.2) is 5.79 Å². The van der Waals surface area contributed by atoms with Crippen LogP contribution < -0.4 is 0 Å². The molecule has 0 aromatic rings. The fourth-order valence-corrected chi connectivity index (χ4v) is 3.81. The summed E-state index contributed by atoms with van der Waals surface area (Å²) >= 11 is 0. The highest BCUT2D eigenvalue weighted by molar-refractivity contribution is 4.99. The third-order valence-electron chi connectivity index (χ3n) is 5.05. The van der Waals surface area contributed by atoms with Crippen LogP contribution >= 0.6 is 0 Å². The lowest BCUT2D eigenvalue weighted by atomic mass is 9.78. The largest absolute Gasteiger partial charge is 0.378 e. The number of hydrogen-bond acceptors (Lipinski definition) is 4. The molecule has 0 bridgehead atoms. The van der Waals surface area contributed by atoms with Crippen molar-refractivity contribution >= 4 is 0 Å². The summed E-state index contributed by atoms with van der Waals surface area (Å²) in [7, 11) is 0. The molecule has 4 nitrogen and oxygen atoms in total. The van der Waals surface area contributed by atoms with Gasteiger partial charge < -0.3 is 18.9 Å². The van der Waals surface area contributed by atoms with Crippen LogP contribution in [0.4, 0.5) is 0 Å². The summed E-state index contributed by atoms with van der Waals surface area (Å²) in [5.74, 6) is -0.329. The Bertz CT molecular complexity index is 323. The highest BCUT2D eigenvalue weighted by Gasteiger charge is 2.55. The van der Waals surface area contributed by atoms with Gasteiger partial charge in [-0.2, -0.15) is 0 Å². The Balaban J connectivity index is 1.42. The Morgan fingerprint density at radius 1 is 1.00 bits per heavy atom. The van der Waals surface area contributed by atoms with Crippen LogP contribution in [0.25, 0.3) is 0 Å². The van der Waals surface area contributed by atoms with Crippen LogP contribution in [0, 0.1) is 5.41 Å². The van der Waals surface area contributed by atoms with Crippen LogP contribution in [0.2, 0.25) is 0 Å². The van der Waals surface area contributed by atoms with Gasteiger partial charge in [-0.25, -0.2) is 0 Å². The minimum atomic E-state index is -0.329. The summed E-state index contributed by atoms with van der Waals surface area (Å²) in [6, 6.07) is 0. The van der Waals surface area contributed by atoms with Gasteiger partial charge in [0.1, 0.15) is 0 Å². The van der Waals surface area contributed by atoms with Gasteiger partial charge in [-0.15, -0.1) is 0 Å². The van der Waals surface area contributed by atoms with Gasteiger partial charge >= 0.3 is 0 Å². The molecule has 3 atom stereocenters. The summed E-state index contributed by atoms with van der Waals surface area (Å²) in [4.78, 5) is 0. The molecule has 2 unspecified atom stereocenters. The van der Waals surface area contributed by atoms with Crippen LogP contribution in [-0.2, 0) is 18.9 Å². The van der Waals surface area contributed by atoms with Crippen molar-refractivity contribution in [2.75, 3.05) is 19.8 Å². The second-order valence-corrected chi connectivity index (χ2v) is 6.58. The molecule has 4 heteroatoms. The second kappa shape index (κ2) is 3.92. The Hall–Kier alpha value is -0.160. The molecule has 18 heavy (non-hydrogen) atoms. The molecule has 0 radical (unpaired) electrons. The summed E-state index contributed by atoms with van der Waals surface area (Å²) in [5.41, 5.74) is 0.199. The first kappa shape index (κ1) is 11.6. The molecule has 4 aliphatic rings. The molecule has 3 aliphatic heterocycles. The van der Waals surface area contributed by atoms with E-state index in [9.17, 15) is 0 Å². The SMILES string of the molecule is CC1CC2(CCO1)COC1(CCC3O[C@H]3C1)OC2. The first-order chi connectivity index (χ1) is 8.69. The van der Waals surface area contributed by atoms with E-state index in [0.29, 0.717) is 18.3 Å². The van der Waals surface area contributed by atoms with Crippen molar-refractivity contribution < 1.29 is 18.9 Å². The van der Waals surface area contributed by atoms with E-state index in [4.69, 9.17) is 18.9 Å². The number of rotatable bonds is 0. The molecule has 0 aromatic heterocycles. The van der Waals surface area contributed by atoms with Crippen molar-refractivity contribution in [3.8, 4) is 0 Å². The molecule has 0 N–H and O–H groups in total. The third-order valence-corrected chi connectivity index (χ3v) is 5.05. The summed E-state index contributed by atoms with van der Waals surface area (Å²) in [5, 5.41) is 0. The molecule has 4 rings (SSSR count). The predicted octanol–water partition coefficient (Wildman–Crippen LogP) is 1.87. The lowest BCUT2D eigenvalue weighted by molar-refractivity contribution is -0.322. The Morgan fingerprint density at radius 3 is 2.56 bits per heavy atom. The molecular formula is C14H22O4. The van der Waals surface area contributed by atoms with Crippen molar-refractivity contribution in [2.45, 2.75) is 63.1 Å². The van der Waals surface area contributed by atoms with Gasteiger partial charge in [-0.05, 0) is 26.2 Å². The quantitative estimate of drug-likeness (QED) is 0.619. The van der Waals surface area contributed by atoms with Crippen molar-refractivity contribution in [1.29, 1.82) is 0 Å². The fraction of sp³-hybridized carbons (Fsp3) is 1.00. The molecule has 102 valence electrons. The predicted molar refractivity (Wildman–Crippen MR) is 64.2 cm³/mol. The summed E-state index contributed by atoms with van der Waals surface area (Å²) in [6.07, 6.45) is 6.39.